The van der Waals surface area contributed by atoms with E-state index in [4.69, 9.17) is 9.72 Å². The first-order valence-corrected chi connectivity index (χ1v) is 12.1. The Kier molecular flexibility index (Phi) is 7.52. The van der Waals surface area contributed by atoms with Crippen LogP contribution in [0.25, 0.3) is 22.4 Å². The quantitative estimate of drug-likeness (QED) is 0.582. The first-order chi connectivity index (χ1) is 16.9. The molecule has 3 aromatic rings. The predicted molar refractivity (Wildman–Crippen MR) is 140 cm³/mol. The average Bonchev–Trinajstić information content (AvgIpc) is 3.14. The Balaban J connectivity index is 1.84. The van der Waals surface area contributed by atoms with Crippen molar-refractivity contribution in [3.8, 4) is 34.2 Å². The summed E-state index contributed by atoms with van der Waals surface area (Å²) in [6.07, 6.45) is 3.44. The SMILES string of the molecule is COc1ccc(-c2c(-c3ccc(C#N)cc3)nc(N(C)CC3CCCNCC3)n(C)c2=O)cc1C. The first-order valence-electron chi connectivity index (χ1n) is 12.1. The molecule has 2 heterocycles. The lowest BCUT2D eigenvalue weighted by atomic mass is 9.98. The lowest BCUT2D eigenvalue weighted by Crippen LogP contribution is -2.33. The minimum absolute atomic E-state index is 0.103. The number of rotatable bonds is 6. The number of nitriles is 1. The normalized spacial score (nSPS) is 15.8. The summed E-state index contributed by atoms with van der Waals surface area (Å²) in [6, 6.07) is 15.2. The number of nitrogens with zero attached hydrogens (tertiary/aromatic N) is 4. The molecule has 2 aromatic carbocycles. The molecule has 0 saturated carbocycles. The maximum Gasteiger partial charge on any atom is 0.263 e. The average molecular weight is 472 g/mol. The van der Waals surface area contributed by atoms with Crippen LogP contribution in [-0.2, 0) is 7.05 Å². The van der Waals surface area contributed by atoms with Crippen molar-refractivity contribution in [1.82, 2.24) is 14.9 Å². The summed E-state index contributed by atoms with van der Waals surface area (Å²) in [6.45, 7) is 4.90. The van der Waals surface area contributed by atoms with Crippen molar-refractivity contribution < 1.29 is 4.74 Å². The fourth-order valence-corrected chi connectivity index (χ4v) is 4.88. The van der Waals surface area contributed by atoms with Gasteiger partial charge < -0.3 is 15.0 Å². The van der Waals surface area contributed by atoms with Gasteiger partial charge in [-0.2, -0.15) is 5.26 Å². The largest absolute Gasteiger partial charge is 0.496 e. The van der Waals surface area contributed by atoms with Crippen molar-refractivity contribution in [2.75, 3.05) is 38.7 Å². The maximum atomic E-state index is 13.8. The van der Waals surface area contributed by atoms with E-state index in [9.17, 15) is 10.1 Å². The van der Waals surface area contributed by atoms with Crippen molar-refractivity contribution in [1.29, 1.82) is 5.26 Å². The van der Waals surface area contributed by atoms with Crippen molar-refractivity contribution in [2.45, 2.75) is 26.2 Å². The summed E-state index contributed by atoms with van der Waals surface area (Å²) in [5, 5.41) is 12.7. The lowest BCUT2D eigenvalue weighted by molar-refractivity contribution is 0.412. The van der Waals surface area contributed by atoms with Gasteiger partial charge >= 0.3 is 0 Å². The van der Waals surface area contributed by atoms with E-state index in [-0.39, 0.29) is 5.56 Å². The fraction of sp³-hybridized carbons (Fsp3) is 0.393. The lowest BCUT2D eigenvalue weighted by Gasteiger charge is -2.26. The van der Waals surface area contributed by atoms with Crippen LogP contribution < -0.4 is 20.5 Å². The summed E-state index contributed by atoms with van der Waals surface area (Å²) < 4.78 is 7.07. The Morgan fingerprint density at radius 2 is 1.91 bits per heavy atom. The van der Waals surface area contributed by atoms with Crippen LogP contribution in [0.1, 0.15) is 30.4 Å². The summed E-state index contributed by atoms with van der Waals surface area (Å²) in [7, 11) is 5.44. The van der Waals surface area contributed by atoms with Gasteiger partial charge in [0.25, 0.3) is 5.56 Å². The summed E-state index contributed by atoms with van der Waals surface area (Å²) >= 11 is 0. The van der Waals surface area contributed by atoms with Gasteiger partial charge in [-0.25, -0.2) is 4.98 Å². The second kappa shape index (κ2) is 10.7. The van der Waals surface area contributed by atoms with Gasteiger partial charge in [0, 0.05) is 26.2 Å². The third-order valence-corrected chi connectivity index (χ3v) is 6.81. The maximum absolute atomic E-state index is 13.8. The minimum atomic E-state index is -0.103. The van der Waals surface area contributed by atoms with Gasteiger partial charge in [-0.15, -0.1) is 0 Å². The second-order valence-corrected chi connectivity index (χ2v) is 9.30. The molecule has 0 radical (unpaired) electrons. The van der Waals surface area contributed by atoms with Crippen LogP contribution in [0, 0.1) is 24.2 Å². The highest BCUT2D eigenvalue weighted by molar-refractivity contribution is 5.81. The molecule has 1 saturated heterocycles. The Morgan fingerprint density at radius 1 is 1.17 bits per heavy atom. The number of aryl methyl sites for hydroxylation is 1. The van der Waals surface area contributed by atoms with Gasteiger partial charge in [-0.1, -0.05) is 18.2 Å². The molecule has 0 amide bonds. The van der Waals surface area contributed by atoms with Crippen LogP contribution in [-0.4, -0.2) is 43.3 Å². The van der Waals surface area contributed by atoms with E-state index in [1.54, 1.807) is 30.9 Å². The van der Waals surface area contributed by atoms with Crippen LogP contribution in [0.15, 0.2) is 47.3 Å². The molecule has 1 aliphatic rings. The van der Waals surface area contributed by atoms with E-state index >= 15 is 0 Å². The van der Waals surface area contributed by atoms with Crippen molar-refractivity contribution in [2.24, 2.45) is 13.0 Å². The zero-order valence-corrected chi connectivity index (χ0v) is 21.0. The molecular weight excluding hydrogens is 438 g/mol. The summed E-state index contributed by atoms with van der Waals surface area (Å²) in [5.74, 6) is 1.96. The molecular formula is C28H33N5O2. The molecule has 4 rings (SSSR count). The topological polar surface area (TPSA) is 83.2 Å². The van der Waals surface area contributed by atoms with Gasteiger partial charge in [0.15, 0.2) is 0 Å². The number of aromatic nitrogens is 2. The van der Waals surface area contributed by atoms with Crippen LogP contribution >= 0.6 is 0 Å². The molecule has 1 aromatic heterocycles. The monoisotopic (exact) mass is 471 g/mol. The highest BCUT2D eigenvalue weighted by Gasteiger charge is 2.22. The molecule has 1 fully saturated rings. The molecule has 7 nitrogen and oxygen atoms in total. The number of ether oxygens (including phenoxy) is 1. The Bertz CT molecular complexity index is 1280. The van der Waals surface area contributed by atoms with Crippen LogP contribution in [0.4, 0.5) is 5.95 Å². The molecule has 0 bridgehead atoms. The number of anilines is 1. The van der Waals surface area contributed by atoms with Crippen LogP contribution in [0.3, 0.4) is 0 Å². The standard InChI is InChI=1S/C28H33N5O2/c1-19-16-23(11-12-24(19)35-4)25-26(22-9-7-20(17-29)8-10-22)31-28(33(3)27(25)34)32(2)18-21-6-5-14-30-15-13-21/h7-12,16,21,30H,5-6,13-15,18H2,1-4H3. The molecule has 1 atom stereocenters. The molecule has 7 heteroatoms. The summed E-state index contributed by atoms with van der Waals surface area (Å²) in [4.78, 5) is 21.0. The smallest absolute Gasteiger partial charge is 0.263 e. The molecule has 1 unspecified atom stereocenters. The minimum Gasteiger partial charge on any atom is -0.496 e. The molecule has 0 spiro atoms. The van der Waals surface area contributed by atoms with E-state index in [2.05, 4.69) is 16.3 Å². The van der Waals surface area contributed by atoms with Gasteiger partial charge in [0.2, 0.25) is 5.95 Å². The molecule has 182 valence electrons. The third kappa shape index (κ3) is 5.23. The fourth-order valence-electron chi connectivity index (χ4n) is 4.88. The second-order valence-electron chi connectivity index (χ2n) is 9.30. The number of methoxy groups -OCH3 is 1. The number of hydrogen-bond acceptors (Lipinski definition) is 6. The zero-order valence-electron chi connectivity index (χ0n) is 21.0. The van der Waals surface area contributed by atoms with Crippen molar-refractivity contribution in [3.05, 3.63) is 63.9 Å². The Morgan fingerprint density at radius 3 is 2.60 bits per heavy atom. The van der Waals surface area contributed by atoms with E-state index < -0.39 is 0 Å². The van der Waals surface area contributed by atoms with Crippen LogP contribution in [0.5, 0.6) is 5.75 Å². The van der Waals surface area contributed by atoms with E-state index in [1.165, 1.54) is 0 Å². The van der Waals surface area contributed by atoms with Gasteiger partial charge in [0.1, 0.15) is 5.75 Å². The van der Waals surface area contributed by atoms with Gasteiger partial charge in [0.05, 0.1) is 30.0 Å². The highest BCUT2D eigenvalue weighted by Crippen LogP contribution is 2.32. The number of benzene rings is 2. The van der Waals surface area contributed by atoms with E-state index in [1.807, 2.05) is 44.3 Å². The molecule has 1 N–H and O–H groups in total. The van der Waals surface area contributed by atoms with E-state index in [0.29, 0.717) is 28.7 Å². The first kappa shape index (κ1) is 24.5. The third-order valence-electron chi connectivity index (χ3n) is 6.81. The molecule has 0 aliphatic carbocycles. The predicted octanol–water partition coefficient (Wildman–Crippen LogP) is 4.13. The van der Waals surface area contributed by atoms with Crippen LogP contribution in [0.2, 0.25) is 0 Å². The molecule has 35 heavy (non-hydrogen) atoms. The van der Waals surface area contributed by atoms with Crippen molar-refractivity contribution >= 4 is 5.95 Å². The highest BCUT2D eigenvalue weighted by atomic mass is 16.5. The Labute approximate surface area is 207 Å². The van der Waals surface area contributed by atoms with Gasteiger partial charge in [-0.3, -0.25) is 9.36 Å². The van der Waals surface area contributed by atoms with Crippen molar-refractivity contribution in [3.63, 3.8) is 0 Å². The summed E-state index contributed by atoms with van der Waals surface area (Å²) in [5.41, 5.74) is 4.16. The Hall–Kier alpha value is -3.63. The number of hydrogen-bond donors (Lipinski definition) is 1. The van der Waals surface area contributed by atoms with E-state index in [0.717, 1.165) is 61.3 Å². The number of nitrogens with one attached hydrogen (secondary N) is 1. The molecule has 1 aliphatic heterocycles. The van der Waals surface area contributed by atoms with Gasteiger partial charge in [-0.05, 0) is 80.6 Å². The zero-order chi connectivity index (χ0) is 24.9.